The molecule has 0 bridgehead atoms. The fourth-order valence-corrected chi connectivity index (χ4v) is 2.17. The summed E-state index contributed by atoms with van der Waals surface area (Å²) in [7, 11) is 0. The maximum Gasteiger partial charge on any atom is 0.278 e. The van der Waals surface area contributed by atoms with E-state index in [1.54, 1.807) is 42.7 Å². The van der Waals surface area contributed by atoms with Crippen LogP contribution in [-0.4, -0.2) is 22.4 Å². The van der Waals surface area contributed by atoms with Gasteiger partial charge in [-0.1, -0.05) is 18.2 Å². The van der Waals surface area contributed by atoms with Crippen molar-refractivity contribution in [1.82, 2.24) is 10.3 Å². The Hall–Kier alpha value is -2.89. The molecule has 1 atom stereocenters. The van der Waals surface area contributed by atoms with E-state index in [1.807, 2.05) is 6.07 Å². The molecule has 0 saturated heterocycles. The predicted octanol–water partition coefficient (Wildman–Crippen LogP) is 1.49. The second-order valence-electron chi connectivity index (χ2n) is 5.13. The Morgan fingerprint density at radius 1 is 1.32 bits per heavy atom. The molecule has 2 amide bonds. The minimum absolute atomic E-state index is 0.278. The molecule has 2 heterocycles. The van der Waals surface area contributed by atoms with Gasteiger partial charge in [-0.2, -0.15) is 0 Å². The number of benzene rings is 1. The molecule has 1 aromatic heterocycles. The number of aromatic nitrogens is 1. The standard InChI is InChI=1S/C16H15N3O3/c1-16(14(20)18-10-11-5-4-8-17-9-11)15(21)19-12-6-2-3-7-13(12)22-16/h2-9H,10H2,1H3,(H,18,20)(H,19,21)/t16-/m1/s1. The summed E-state index contributed by atoms with van der Waals surface area (Å²) in [6.45, 7) is 1.73. The number of amides is 2. The third-order valence-electron chi connectivity index (χ3n) is 3.49. The molecule has 0 fully saturated rings. The summed E-state index contributed by atoms with van der Waals surface area (Å²) in [5, 5.41) is 5.40. The van der Waals surface area contributed by atoms with Crippen LogP contribution in [0, 0.1) is 0 Å². The highest BCUT2D eigenvalue weighted by Gasteiger charge is 2.47. The number of anilines is 1. The SMILES string of the molecule is C[C@]1(C(=O)NCc2cccnc2)Oc2ccccc2NC1=O. The van der Waals surface area contributed by atoms with Crippen molar-refractivity contribution in [2.45, 2.75) is 19.1 Å². The zero-order chi connectivity index (χ0) is 15.6. The molecule has 3 rings (SSSR count). The normalized spacial score (nSPS) is 19.6. The summed E-state index contributed by atoms with van der Waals surface area (Å²) >= 11 is 0. The lowest BCUT2D eigenvalue weighted by Crippen LogP contribution is -2.58. The predicted molar refractivity (Wildman–Crippen MR) is 80.2 cm³/mol. The second-order valence-corrected chi connectivity index (χ2v) is 5.13. The van der Waals surface area contributed by atoms with Gasteiger partial charge in [0, 0.05) is 18.9 Å². The summed E-state index contributed by atoms with van der Waals surface area (Å²) in [6, 6.07) is 10.6. The Bertz CT molecular complexity index is 718. The molecule has 1 aliphatic rings. The molecule has 112 valence electrons. The molecule has 22 heavy (non-hydrogen) atoms. The monoisotopic (exact) mass is 297 g/mol. The third-order valence-corrected chi connectivity index (χ3v) is 3.49. The Morgan fingerprint density at radius 3 is 2.91 bits per heavy atom. The van der Waals surface area contributed by atoms with Crippen molar-refractivity contribution >= 4 is 17.5 Å². The van der Waals surface area contributed by atoms with Gasteiger partial charge in [-0.25, -0.2) is 0 Å². The van der Waals surface area contributed by atoms with Gasteiger partial charge in [0.2, 0.25) is 0 Å². The Morgan fingerprint density at radius 2 is 2.14 bits per heavy atom. The molecule has 1 aromatic carbocycles. The number of para-hydroxylation sites is 2. The van der Waals surface area contributed by atoms with Gasteiger partial charge in [0.1, 0.15) is 5.75 Å². The Balaban J connectivity index is 1.75. The summed E-state index contributed by atoms with van der Waals surface area (Å²) < 4.78 is 5.64. The van der Waals surface area contributed by atoms with Gasteiger partial charge in [0.25, 0.3) is 17.4 Å². The number of carbonyl (C=O) groups is 2. The van der Waals surface area contributed by atoms with Gasteiger partial charge in [-0.3, -0.25) is 14.6 Å². The number of carbonyl (C=O) groups excluding carboxylic acids is 2. The molecule has 6 nitrogen and oxygen atoms in total. The van der Waals surface area contributed by atoms with Crippen LogP contribution in [-0.2, 0) is 16.1 Å². The number of fused-ring (bicyclic) bond motifs is 1. The fraction of sp³-hybridized carbons (Fsp3) is 0.188. The highest BCUT2D eigenvalue weighted by molar-refractivity contribution is 6.15. The van der Waals surface area contributed by atoms with E-state index in [4.69, 9.17) is 4.74 Å². The second kappa shape index (κ2) is 5.48. The third kappa shape index (κ3) is 2.50. The fourth-order valence-electron chi connectivity index (χ4n) is 2.17. The van der Waals surface area contributed by atoms with Crippen LogP contribution in [0.3, 0.4) is 0 Å². The first kappa shape index (κ1) is 14.1. The van der Waals surface area contributed by atoms with Crippen molar-refractivity contribution in [2.24, 2.45) is 0 Å². The smallest absolute Gasteiger partial charge is 0.278 e. The average Bonchev–Trinajstić information content (AvgIpc) is 2.54. The molecule has 2 aromatic rings. The average molecular weight is 297 g/mol. The largest absolute Gasteiger partial charge is 0.466 e. The number of nitrogens with zero attached hydrogens (tertiary/aromatic N) is 1. The minimum atomic E-state index is -1.60. The summed E-state index contributed by atoms with van der Waals surface area (Å²) in [4.78, 5) is 28.6. The topological polar surface area (TPSA) is 80.3 Å². The Kier molecular flexibility index (Phi) is 3.50. The molecule has 0 spiro atoms. The highest BCUT2D eigenvalue weighted by atomic mass is 16.5. The van der Waals surface area contributed by atoms with Crippen molar-refractivity contribution < 1.29 is 14.3 Å². The summed E-state index contributed by atoms with van der Waals surface area (Å²) in [6.07, 6.45) is 3.31. The van der Waals surface area contributed by atoms with Crippen LogP contribution in [0.15, 0.2) is 48.8 Å². The molecular formula is C16H15N3O3. The lowest BCUT2D eigenvalue weighted by Gasteiger charge is -2.33. The van der Waals surface area contributed by atoms with E-state index in [2.05, 4.69) is 15.6 Å². The van der Waals surface area contributed by atoms with Crippen LogP contribution < -0.4 is 15.4 Å². The Labute approximate surface area is 127 Å². The van der Waals surface area contributed by atoms with E-state index < -0.39 is 17.4 Å². The van der Waals surface area contributed by atoms with Gasteiger partial charge in [-0.05, 0) is 30.7 Å². The molecular weight excluding hydrogens is 282 g/mol. The molecule has 0 aliphatic carbocycles. The molecule has 2 N–H and O–H groups in total. The zero-order valence-electron chi connectivity index (χ0n) is 12.0. The van der Waals surface area contributed by atoms with Crippen LogP contribution in [0.2, 0.25) is 0 Å². The minimum Gasteiger partial charge on any atom is -0.466 e. The lowest BCUT2D eigenvalue weighted by atomic mass is 10.0. The van der Waals surface area contributed by atoms with Crippen LogP contribution in [0.25, 0.3) is 0 Å². The maximum absolute atomic E-state index is 12.4. The van der Waals surface area contributed by atoms with Crippen molar-refractivity contribution in [3.05, 3.63) is 54.4 Å². The molecule has 0 saturated carbocycles. The number of hydrogen-bond acceptors (Lipinski definition) is 4. The summed E-state index contributed by atoms with van der Waals surface area (Å²) in [5.74, 6) is -0.514. The molecule has 1 aliphatic heterocycles. The molecule has 6 heteroatoms. The quantitative estimate of drug-likeness (QED) is 0.841. The van der Waals surface area contributed by atoms with Gasteiger partial charge >= 0.3 is 0 Å². The first-order chi connectivity index (χ1) is 10.6. The van der Waals surface area contributed by atoms with Crippen molar-refractivity contribution in [3.63, 3.8) is 0 Å². The number of nitrogens with one attached hydrogen (secondary N) is 2. The summed E-state index contributed by atoms with van der Waals surface area (Å²) in [5.41, 5.74) is -0.197. The first-order valence-corrected chi connectivity index (χ1v) is 6.86. The van der Waals surface area contributed by atoms with Gasteiger partial charge in [0.15, 0.2) is 0 Å². The lowest BCUT2D eigenvalue weighted by molar-refractivity contribution is -0.146. The van der Waals surface area contributed by atoms with E-state index in [9.17, 15) is 9.59 Å². The van der Waals surface area contributed by atoms with Gasteiger partial charge in [-0.15, -0.1) is 0 Å². The van der Waals surface area contributed by atoms with E-state index in [1.165, 1.54) is 6.92 Å². The number of rotatable bonds is 3. The van der Waals surface area contributed by atoms with Crippen LogP contribution in [0.4, 0.5) is 5.69 Å². The van der Waals surface area contributed by atoms with E-state index in [0.717, 1.165) is 5.56 Å². The number of hydrogen-bond donors (Lipinski definition) is 2. The van der Waals surface area contributed by atoms with E-state index in [0.29, 0.717) is 11.4 Å². The van der Waals surface area contributed by atoms with E-state index >= 15 is 0 Å². The number of pyridine rings is 1. The number of ether oxygens (including phenoxy) is 1. The van der Waals surface area contributed by atoms with Gasteiger partial charge in [0.05, 0.1) is 5.69 Å². The molecule has 0 radical (unpaired) electrons. The highest BCUT2D eigenvalue weighted by Crippen LogP contribution is 2.33. The van der Waals surface area contributed by atoms with Crippen LogP contribution in [0.1, 0.15) is 12.5 Å². The van der Waals surface area contributed by atoms with Crippen molar-refractivity contribution in [1.29, 1.82) is 0 Å². The maximum atomic E-state index is 12.4. The van der Waals surface area contributed by atoms with E-state index in [-0.39, 0.29) is 6.54 Å². The van der Waals surface area contributed by atoms with Crippen molar-refractivity contribution in [2.75, 3.05) is 5.32 Å². The zero-order valence-corrected chi connectivity index (χ0v) is 12.0. The van der Waals surface area contributed by atoms with Crippen molar-refractivity contribution in [3.8, 4) is 5.75 Å². The first-order valence-electron chi connectivity index (χ1n) is 6.86. The van der Waals surface area contributed by atoms with Crippen LogP contribution >= 0.6 is 0 Å². The van der Waals surface area contributed by atoms with Gasteiger partial charge < -0.3 is 15.4 Å². The van der Waals surface area contributed by atoms with Crippen LogP contribution in [0.5, 0.6) is 5.75 Å². The molecule has 0 unspecified atom stereocenters.